The second-order valence-electron chi connectivity index (χ2n) is 4.59. The molecule has 18 heavy (non-hydrogen) atoms. The Morgan fingerprint density at radius 2 is 2.28 bits per heavy atom. The molecular formula is C11H13N3O3S. The second-order valence-corrected chi connectivity index (χ2v) is 5.43. The molecule has 1 N–H and O–H groups in total. The monoisotopic (exact) mass is 267 g/mol. The smallest absolute Gasteiger partial charge is 0.407 e. The Bertz CT molecular complexity index is 466. The predicted molar refractivity (Wildman–Crippen MR) is 64.5 cm³/mol. The van der Waals surface area contributed by atoms with Crippen molar-refractivity contribution < 1.29 is 14.3 Å². The minimum absolute atomic E-state index is 0.0182. The van der Waals surface area contributed by atoms with Gasteiger partial charge in [-0.25, -0.2) is 9.17 Å². The van der Waals surface area contributed by atoms with Gasteiger partial charge in [0.1, 0.15) is 10.5 Å². The molecular weight excluding hydrogens is 254 g/mol. The van der Waals surface area contributed by atoms with E-state index in [1.54, 1.807) is 17.2 Å². The fourth-order valence-electron chi connectivity index (χ4n) is 2.38. The molecule has 1 spiro atoms. The van der Waals surface area contributed by atoms with Crippen LogP contribution in [0.5, 0.6) is 0 Å². The van der Waals surface area contributed by atoms with Crippen molar-refractivity contribution in [3.63, 3.8) is 0 Å². The van der Waals surface area contributed by atoms with E-state index in [0.717, 1.165) is 0 Å². The minimum Gasteiger partial charge on any atom is -0.441 e. The number of aromatic nitrogens is 1. The molecule has 0 aliphatic carbocycles. The van der Waals surface area contributed by atoms with Gasteiger partial charge in [-0.05, 0) is 17.6 Å². The first-order valence-electron chi connectivity index (χ1n) is 5.85. The number of amides is 2. The summed E-state index contributed by atoms with van der Waals surface area (Å²) in [4.78, 5) is 25.7. The van der Waals surface area contributed by atoms with Crippen molar-refractivity contribution in [2.24, 2.45) is 0 Å². The molecule has 0 unspecified atom stereocenters. The molecule has 6 nitrogen and oxygen atoms in total. The number of hydrogen-bond acceptors (Lipinski definition) is 5. The van der Waals surface area contributed by atoms with Crippen LogP contribution in [0.1, 0.15) is 22.5 Å². The Balaban J connectivity index is 1.64. The molecule has 0 radical (unpaired) electrons. The van der Waals surface area contributed by atoms with Crippen LogP contribution >= 0.6 is 11.5 Å². The summed E-state index contributed by atoms with van der Waals surface area (Å²) < 4.78 is 9.24. The lowest BCUT2D eigenvalue weighted by Gasteiger charge is -2.36. The lowest BCUT2D eigenvalue weighted by molar-refractivity contribution is 0.00345. The van der Waals surface area contributed by atoms with Gasteiger partial charge in [-0.15, -0.1) is 0 Å². The second kappa shape index (κ2) is 4.24. The van der Waals surface area contributed by atoms with Gasteiger partial charge in [-0.1, -0.05) is 0 Å². The first-order valence-corrected chi connectivity index (χ1v) is 6.63. The highest BCUT2D eigenvalue weighted by atomic mass is 32.1. The van der Waals surface area contributed by atoms with E-state index in [0.29, 0.717) is 37.4 Å². The summed E-state index contributed by atoms with van der Waals surface area (Å²) in [5, 5.41) is 2.68. The Labute approximate surface area is 108 Å². The van der Waals surface area contributed by atoms with Crippen molar-refractivity contribution in [2.45, 2.75) is 18.4 Å². The molecule has 1 aromatic heterocycles. The summed E-state index contributed by atoms with van der Waals surface area (Å²) in [5.74, 6) is 0.0182. The summed E-state index contributed by atoms with van der Waals surface area (Å²) >= 11 is 1.21. The van der Waals surface area contributed by atoms with Crippen LogP contribution in [0, 0.1) is 0 Å². The Hall–Kier alpha value is -1.63. The summed E-state index contributed by atoms with van der Waals surface area (Å²) in [5.41, 5.74) is -0.401. The molecule has 3 heterocycles. The van der Waals surface area contributed by atoms with Gasteiger partial charge in [0, 0.05) is 32.1 Å². The van der Waals surface area contributed by atoms with Crippen LogP contribution in [-0.4, -0.2) is 46.5 Å². The average molecular weight is 267 g/mol. The summed E-state index contributed by atoms with van der Waals surface area (Å²) in [6.07, 6.45) is 2.66. The highest BCUT2D eigenvalue weighted by Crippen LogP contribution is 2.29. The van der Waals surface area contributed by atoms with Crippen LogP contribution in [0.4, 0.5) is 4.79 Å². The fraction of sp³-hybridized carbons (Fsp3) is 0.545. The van der Waals surface area contributed by atoms with Crippen LogP contribution in [0.2, 0.25) is 0 Å². The third kappa shape index (κ3) is 1.94. The zero-order valence-corrected chi connectivity index (χ0v) is 10.5. The Morgan fingerprint density at radius 1 is 1.50 bits per heavy atom. The molecule has 7 heteroatoms. The Kier molecular flexibility index (Phi) is 2.70. The minimum atomic E-state index is -0.401. The summed E-state index contributed by atoms with van der Waals surface area (Å²) in [6.45, 7) is 1.78. The standard InChI is InChI=1S/C11H13N3O3S/c15-9(8-1-4-13-18-8)14-5-2-11(3-6-14)7-12-10(16)17-11/h1,4H,2-3,5-7H2,(H,12,16). The predicted octanol–water partition coefficient (Wildman–Crippen LogP) is 0.858. The zero-order chi connectivity index (χ0) is 12.6. The van der Waals surface area contributed by atoms with E-state index < -0.39 is 5.60 Å². The molecule has 0 atom stereocenters. The van der Waals surface area contributed by atoms with Gasteiger partial charge in [0.2, 0.25) is 0 Å². The van der Waals surface area contributed by atoms with Crippen molar-refractivity contribution >= 4 is 23.5 Å². The number of piperidine rings is 1. The number of alkyl carbamates (subject to hydrolysis) is 1. The van der Waals surface area contributed by atoms with Crippen LogP contribution < -0.4 is 5.32 Å². The molecule has 3 rings (SSSR count). The summed E-state index contributed by atoms with van der Waals surface area (Å²) in [7, 11) is 0. The van der Waals surface area contributed by atoms with E-state index in [1.807, 2.05) is 0 Å². The number of hydrogen-bond donors (Lipinski definition) is 1. The zero-order valence-electron chi connectivity index (χ0n) is 9.72. The molecule has 2 aliphatic heterocycles. The maximum Gasteiger partial charge on any atom is 0.407 e. The lowest BCUT2D eigenvalue weighted by Crippen LogP contribution is -2.48. The molecule has 0 bridgehead atoms. The van der Waals surface area contributed by atoms with Crippen molar-refractivity contribution in [3.05, 3.63) is 17.1 Å². The van der Waals surface area contributed by atoms with Crippen LogP contribution in [0.15, 0.2) is 12.3 Å². The maximum atomic E-state index is 12.1. The SMILES string of the molecule is O=C1NCC2(CCN(C(=O)c3ccns3)CC2)O1. The maximum absolute atomic E-state index is 12.1. The van der Waals surface area contributed by atoms with Gasteiger partial charge in [0.05, 0.1) is 6.54 Å². The topological polar surface area (TPSA) is 71.5 Å². The van der Waals surface area contributed by atoms with Crippen LogP contribution in [-0.2, 0) is 4.74 Å². The normalized spacial score (nSPS) is 21.8. The first-order chi connectivity index (χ1) is 8.69. The lowest BCUT2D eigenvalue weighted by atomic mass is 9.91. The van der Waals surface area contributed by atoms with E-state index in [2.05, 4.69) is 9.69 Å². The van der Waals surface area contributed by atoms with Crippen molar-refractivity contribution in [3.8, 4) is 0 Å². The number of rotatable bonds is 1. The van der Waals surface area contributed by atoms with E-state index in [-0.39, 0.29) is 12.0 Å². The summed E-state index contributed by atoms with van der Waals surface area (Å²) in [6, 6.07) is 1.73. The van der Waals surface area contributed by atoms with E-state index in [1.165, 1.54) is 11.5 Å². The highest BCUT2D eigenvalue weighted by Gasteiger charge is 2.43. The molecule has 96 valence electrons. The quantitative estimate of drug-likeness (QED) is 0.819. The van der Waals surface area contributed by atoms with Gasteiger partial charge in [0.25, 0.3) is 5.91 Å². The van der Waals surface area contributed by atoms with E-state index in [9.17, 15) is 9.59 Å². The largest absolute Gasteiger partial charge is 0.441 e. The molecule has 0 aromatic carbocycles. The van der Waals surface area contributed by atoms with Gasteiger partial charge in [-0.2, -0.15) is 0 Å². The van der Waals surface area contributed by atoms with Gasteiger partial charge >= 0.3 is 6.09 Å². The van der Waals surface area contributed by atoms with Crippen LogP contribution in [0.3, 0.4) is 0 Å². The van der Waals surface area contributed by atoms with Gasteiger partial charge in [0.15, 0.2) is 0 Å². The first kappa shape index (κ1) is 11.5. The van der Waals surface area contributed by atoms with Gasteiger partial charge in [-0.3, -0.25) is 4.79 Å². The number of nitrogens with zero attached hydrogens (tertiary/aromatic N) is 2. The molecule has 2 saturated heterocycles. The third-order valence-electron chi connectivity index (χ3n) is 3.47. The van der Waals surface area contributed by atoms with Crippen molar-refractivity contribution in [2.75, 3.05) is 19.6 Å². The third-order valence-corrected chi connectivity index (χ3v) is 4.21. The van der Waals surface area contributed by atoms with Crippen molar-refractivity contribution in [1.29, 1.82) is 0 Å². The molecule has 2 aliphatic rings. The van der Waals surface area contributed by atoms with E-state index >= 15 is 0 Å². The highest BCUT2D eigenvalue weighted by molar-refractivity contribution is 7.08. The number of carbonyl (C=O) groups excluding carboxylic acids is 2. The molecule has 1 aromatic rings. The van der Waals surface area contributed by atoms with Crippen LogP contribution in [0.25, 0.3) is 0 Å². The number of carbonyl (C=O) groups is 2. The van der Waals surface area contributed by atoms with Crippen molar-refractivity contribution in [1.82, 2.24) is 14.6 Å². The average Bonchev–Trinajstić information content (AvgIpc) is 3.00. The van der Waals surface area contributed by atoms with Gasteiger partial charge < -0.3 is 15.0 Å². The molecule has 0 saturated carbocycles. The number of likely N-dealkylation sites (tertiary alicyclic amines) is 1. The van der Waals surface area contributed by atoms with E-state index in [4.69, 9.17) is 4.74 Å². The Morgan fingerprint density at radius 3 is 2.83 bits per heavy atom. The molecule has 2 fully saturated rings. The molecule has 2 amide bonds. The fourth-order valence-corrected chi connectivity index (χ4v) is 2.94. The number of nitrogens with one attached hydrogen (secondary N) is 1. The number of ether oxygens (including phenoxy) is 1.